The molecule has 4 rings (SSSR count). The van der Waals surface area contributed by atoms with E-state index in [-0.39, 0.29) is 11.7 Å². The molecule has 30 heavy (non-hydrogen) atoms. The van der Waals surface area contributed by atoms with Crippen LogP contribution in [0.3, 0.4) is 0 Å². The number of aromatic nitrogens is 2. The van der Waals surface area contributed by atoms with Gasteiger partial charge in [0.15, 0.2) is 0 Å². The lowest BCUT2D eigenvalue weighted by molar-refractivity contribution is -0.121. The molecule has 1 N–H and O–H groups in total. The van der Waals surface area contributed by atoms with Crippen molar-refractivity contribution in [2.24, 2.45) is 5.92 Å². The van der Waals surface area contributed by atoms with Gasteiger partial charge < -0.3 is 10.1 Å². The van der Waals surface area contributed by atoms with Crippen LogP contribution in [0, 0.1) is 25.6 Å². The molecule has 0 aliphatic heterocycles. The van der Waals surface area contributed by atoms with Gasteiger partial charge in [0.05, 0.1) is 11.4 Å². The first-order valence-electron chi connectivity index (χ1n) is 10.4. The molecule has 0 bridgehead atoms. The maximum atomic E-state index is 13.4. The minimum atomic E-state index is -0.309. The van der Waals surface area contributed by atoms with Crippen LogP contribution in [0.5, 0.6) is 11.6 Å². The Bertz CT molecular complexity index is 1020. The molecule has 1 aromatic heterocycles. The first-order chi connectivity index (χ1) is 14.5. The molecule has 0 spiro atoms. The van der Waals surface area contributed by atoms with Crippen molar-refractivity contribution >= 4 is 5.91 Å². The maximum Gasteiger partial charge on any atom is 0.226 e. The van der Waals surface area contributed by atoms with E-state index in [1.165, 1.54) is 25.0 Å². The van der Waals surface area contributed by atoms with Crippen LogP contribution in [0.15, 0.2) is 48.5 Å². The third-order valence-electron chi connectivity index (χ3n) is 5.33. The highest BCUT2D eigenvalue weighted by Crippen LogP contribution is 2.32. The average Bonchev–Trinajstić information content (AvgIpc) is 3.51. The van der Waals surface area contributed by atoms with Crippen LogP contribution in [-0.2, 0) is 11.2 Å². The number of nitrogens with zero attached hydrogens (tertiary/aromatic N) is 2. The van der Waals surface area contributed by atoms with Gasteiger partial charge in [-0.05, 0) is 75.4 Å². The SMILES string of the molecule is Cc1ccc(Oc2c(CCC(=O)NCC3CC3)c(C)nn2-c2ccc(F)cc2)cc1. The van der Waals surface area contributed by atoms with Gasteiger partial charge in [-0.25, -0.2) is 9.07 Å². The number of aryl methyl sites for hydroxylation is 2. The standard InChI is InChI=1S/C24H26FN3O2/c1-16-3-11-21(12-4-16)30-24-22(13-14-23(29)26-15-18-5-6-18)17(2)27-28(24)20-9-7-19(25)8-10-20/h3-4,7-12,18H,5-6,13-15H2,1-2H3,(H,26,29). The normalized spacial score (nSPS) is 13.3. The van der Waals surface area contributed by atoms with Gasteiger partial charge >= 0.3 is 0 Å². The maximum absolute atomic E-state index is 13.4. The molecule has 1 aliphatic rings. The smallest absolute Gasteiger partial charge is 0.226 e. The fourth-order valence-electron chi connectivity index (χ4n) is 3.31. The Morgan fingerprint density at radius 1 is 1.13 bits per heavy atom. The summed E-state index contributed by atoms with van der Waals surface area (Å²) in [5, 5.41) is 7.63. The summed E-state index contributed by atoms with van der Waals surface area (Å²) in [4.78, 5) is 12.3. The van der Waals surface area contributed by atoms with Crippen molar-refractivity contribution in [2.75, 3.05) is 6.54 Å². The Morgan fingerprint density at radius 2 is 1.83 bits per heavy atom. The summed E-state index contributed by atoms with van der Waals surface area (Å²) < 4.78 is 21.3. The second kappa shape index (κ2) is 8.69. The third-order valence-corrected chi connectivity index (χ3v) is 5.33. The Hall–Kier alpha value is -3.15. The minimum absolute atomic E-state index is 0.0390. The van der Waals surface area contributed by atoms with Crippen molar-refractivity contribution in [1.29, 1.82) is 0 Å². The quantitative estimate of drug-likeness (QED) is 0.579. The van der Waals surface area contributed by atoms with Crippen molar-refractivity contribution < 1.29 is 13.9 Å². The van der Waals surface area contributed by atoms with Crippen molar-refractivity contribution in [1.82, 2.24) is 15.1 Å². The molecule has 1 aliphatic carbocycles. The highest BCUT2D eigenvalue weighted by Gasteiger charge is 2.23. The van der Waals surface area contributed by atoms with Crippen LogP contribution in [-0.4, -0.2) is 22.2 Å². The predicted octanol–water partition coefficient (Wildman–Crippen LogP) is 4.88. The first kappa shape index (κ1) is 20.1. The van der Waals surface area contributed by atoms with Crippen LogP contribution in [0.25, 0.3) is 5.69 Å². The Balaban J connectivity index is 1.60. The molecule has 1 heterocycles. The number of hydrogen-bond donors (Lipinski definition) is 1. The van der Waals surface area contributed by atoms with Gasteiger partial charge in [-0.15, -0.1) is 0 Å². The number of benzene rings is 2. The molecule has 2 aromatic carbocycles. The summed E-state index contributed by atoms with van der Waals surface area (Å²) in [5.41, 5.74) is 3.50. The molecule has 0 radical (unpaired) electrons. The highest BCUT2D eigenvalue weighted by atomic mass is 19.1. The number of halogens is 1. The van der Waals surface area contributed by atoms with E-state index in [1.807, 2.05) is 38.1 Å². The van der Waals surface area contributed by atoms with E-state index in [4.69, 9.17) is 4.74 Å². The van der Waals surface area contributed by atoms with Gasteiger partial charge in [0.2, 0.25) is 11.8 Å². The zero-order chi connectivity index (χ0) is 21.1. The van der Waals surface area contributed by atoms with Crippen molar-refractivity contribution in [3.63, 3.8) is 0 Å². The summed E-state index contributed by atoms with van der Waals surface area (Å²) in [5.74, 6) is 1.62. The van der Waals surface area contributed by atoms with Gasteiger partial charge in [0, 0.05) is 18.5 Å². The van der Waals surface area contributed by atoms with Crippen LogP contribution < -0.4 is 10.1 Å². The van der Waals surface area contributed by atoms with Gasteiger partial charge in [-0.1, -0.05) is 17.7 Å². The Morgan fingerprint density at radius 3 is 2.50 bits per heavy atom. The third kappa shape index (κ3) is 4.87. The molecule has 0 saturated heterocycles. The molecule has 1 saturated carbocycles. The van der Waals surface area contributed by atoms with E-state index in [2.05, 4.69) is 10.4 Å². The number of carbonyl (C=O) groups excluding carboxylic acids is 1. The largest absolute Gasteiger partial charge is 0.439 e. The molecule has 1 fully saturated rings. The fourth-order valence-corrected chi connectivity index (χ4v) is 3.31. The van der Waals surface area contributed by atoms with Gasteiger partial charge in [-0.3, -0.25) is 4.79 Å². The summed E-state index contributed by atoms with van der Waals surface area (Å²) in [6.07, 6.45) is 3.30. The zero-order valence-corrected chi connectivity index (χ0v) is 17.3. The number of rotatable bonds is 8. The number of ether oxygens (including phenoxy) is 1. The minimum Gasteiger partial charge on any atom is -0.439 e. The number of carbonyl (C=O) groups is 1. The first-order valence-corrected chi connectivity index (χ1v) is 10.4. The molecule has 5 nitrogen and oxygen atoms in total. The van der Waals surface area contributed by atoms with Crippen LogP contribution in [0.2, 0.25) is 0 Å². The molecular weight excluding hydrogens is 381 g/mol. The summed E-state index contributed by atoms with van der Waals surface area (Å²) >= 11 is 0. The topological polar surface area (TPSA) is 56.1 Å². The number of amides is 1. The lowest BCUT2D eigenvalue weighted by Gasteiger charge is -2.12. The molecular formula is C24H26FN3O2. The molecule has 0 unspecified atom stereocenters. The fraction of sp³-hybridized carbons (Fsp3) is 0.333. The van der Waals surface area contributed by atoms with Crippen molar-refractivity contribution in [3.05, 3.63) is 71.2 Å². The second-order valence-electron chi connectivity index (χ2n) is 7.92. The molecule has 6 heteroatoms. The van der Waals surface area contributed by atoms with E-state index in [1.54, 1.807) is 16.8 Å². The zero-order valence-electron chi connectivity index (χ0n) is 17.3. The number of hydrogen-bond acceptors (Lipinski definition) is 3. The van der Waals surface area contributed by atoms with Crippen LogP contribution in [0.4, 0.5) is 4.39 Å². The van der Waals surface area contributed by atoms with Crippen LogP contribution >= 0.6 is 0 Å². The van der Waals surface area contributed by atoms with Gasteiger partial charge in [-0.2, -0.15) is 5.10 Å². The van der Waals surface area contributed by atoms with E-state index in [9.17, 15) is 9.18 Å². The highest BCUT2D eigenvalue weighted by molar-refractivity contribution is 5.76. The van der Waals surface area contributed by atoms with Crippen molar-refractivity contribution in [2.45, 2.75) is 39.5 Å². The lowest BCUT2D eigenvalue weighted by Crippen LogP contribution is -2.25. The molecule has 156 valence electrons. The van der Waals surface area contributed by atoms with E-state index < -0.39 is 0 Å². The summed E-state index contributed by atoms with van der Waals surface area (Å²) in [7, 11) is 0. The summed E-state index contributed by atoms with van der Waals surface area (Å²) in [6.45, 7) is 4.68. The number of nitrogens with one attached hydrogen (secondary N) is 1. The van der Waals surface area contributed by atoms with E-state index in [0.29, 0.717) is 36.1 Å². The van der Waals surface area contributed by atoms with E-state index >= 15 is 0 Å². The Labute approximate surface area is 175 Å². The Kier molecular flexibility index (Phi) is 5.84. The lowest BCUT2D eigenvalue weighted by atomic mass is 10.1. The second-order valence-corrected chi connectivity index (χ2v) is 7.92. The average molecular weight is 407 g/mol. The van der Waals surface area contributed by atoms with Crippen molar-refractivity contribution in [3.8, 4) is 17.3 Å². The predicted molar refractivity (Wildman–Crippen MR) is 114 cm³/mol. The summed E-state index contributed by atoms with van der Waals surface area (Å²) in [6, 6.07) is 13.9. The van der Waals surface area contributed by atoms with Gasteiger partial charge in [0.1, 0.15) is 11.6 Å². The monoisotopic (exact) mass is 407 g/mol. The molecule has 1 amide bonds. The molecule has 3 aromatic rings. The molecule has 0 atom stereocenters. The van der Waals surface area contributed by atoms with Crippen LogP contribution in [0.1, 0.15) is 36.1 Å². The van der Waals surface area contributed by atoms with Gasteiger partial charge in [0.25, 0.3) is 0 Å². The van der Waals surface area contributed by atoms with E-state index in [0.717, 1.165) is 23.4 Å².